The summed E-state index contributed by atoms with van der Waals surface area (Å²) in [5.74, 6) is 0.194. The fourth-order valence-electron chi connectivity index (χ4n) is 2.91. The molecule has 1 saturated heterocycles. The Hall–Kier alpha value is -2.45. The molecule has 2 heterocycles. The second-order valence-corrected chi connectivity index (χ2v) is 6.46. The summed E-state index contributed by atoms with van der Waals surface area (Å²) in [7, 11) is 3.59. The van der Waals surface area contributed by atoms with Gasteiger partial charge >= 0.3 is 6.01 Å². The molecule has 140 valence electrons. The Balaban J connectivity index is 1.74. The van der Waals surface area contributed by atoms with Gasteiger partial charge in [0.05, 0.1) is 0 Å². The second kappa shape index (κ2) is 8.77. The first-order chi connectivity index (χ1) is 12.7. The zero-order chi connectivity index (χ0) is 18.4. The topological polar surface area (TPSA) is 83.7 Å². The van der Waals surface area contributed by atoms with Crippen LogP contribution in [0.25, 0.3) is 0 Å². The first-order valence-electron chi connectivity index (χ1n) is 8.75. The number of carbonyl (C=O) groups excluding carboxylic acids is 1. The predicted octanol–water partition coefficient (Wildman–Crippen LogP) is 0.868. The van der Waals surface area contributed by atoms with Gasteiger partial charge in [-0.15, -0.1) is 5.10 Å². The van der Waals surface area contributed by atoms with Crippen LogP contribution >= 0.6 is 0 Å². The van der Waals surface area contributed by atoms with Gasteiger partial charge in [0.2, 0.25) is 11.8 Å². The first kappa shape index (κ1) is 18.3. The third-order valence-electron chi connectivity index (χ3n) is 4.40. The van der Waals surface area contributed by atoms with E-state index in [1.54, 1.807) is 0 Å². The first-order valence-corrected chi connectivity index (χ1v) is 8.75. The van der Waals surface area contributed by atoms with Crippen molar-refractivity contribution in [3.8, 4) is 0 Å². The SMILES string of the molecule is COCC(=O)N[C@H](Cc1ccccc1)c1nnc(N2CCN(C)CC2)o1. The second-order valence-electron chi connectivity index (χ2n) is 6.46. The molecule has 1 aliphatic heterocycles. The average Bonchev–Trinajstić information content (AvgIpc) is 3.13. The zero-order valence-electron chi connectivity index (χ0n) is 15.2. The molecule has 0 aliphatic carbocycles. The van der Waals surface area contributed by atoms with E-state index < -0.39 is 6.04 Å². The van der Waals surface area contributed by atoms with Crippen molar-refractivity contribution in [3.63, 3.8) is 0 Å². The van der Waals surface area contributed by atoms with Crippen molar-refractivity contribution in [2.24, 2.45) is 0 Å². The monoisotopic (exact) mass is 359 g/mol. The third kappa shape index (κ3) is 4.80. The third-order valence-corrected chi connectivity index (χ3v) is 4.40. The molecule has 0 unspecified atom stereocenters. The van der Waals surface area contributed by atoms with Crippen LogP contribution in [0.3, 0.4) is 0 Å². The lowest BCUT2D eigenvalue weighted by Gasteiger charge is -2.30. The number of ether oxygens (including phenoxy) is 1. The molecule has 8 nitrogen and oxygen atoms in total. The Morgan fingerprint density at radius 2 is 1.96 bits per heavy atom. The van der Waals surface area contributed by atoms with Crippen molar-refractivity contribution in [2.75, 3.05) is 51.8 Å². The molecule has 8 heteroatoms. The molecule has 1 atom stereocenters. The van der Waals surface area contributed by atoms with Crippen LogP contribution < -0.4 is 10.2 Å². The van der Waals surface area contributed by atoms with E-state index in [4.69, 9.17) is 9.15 Å². The minimum atomic E-state index is -0.395. The lowest BCUT2D eigenvalue weighted by Crippen LogP contribution is -2.44. The van der Waals surface area contributed by atoms with Crippen LogP contribution in [0.5, 0.6) is 0 Å². The molecule has 2 aromatic rings. The number of carbonyl (C=O) groups is 1. The van der Waals surface area contributed by atoms with Crippen LogP contribution in [0.2, 0.25) is 0 Å². The molecule has 1 fully saturated rings. The van der Waals surface area contributed by atoms with Crippen LogP contribution in [0.1, 0.15) is 17.5 Å². The van der Waals surface area contributed by atoms with E-state index in [2.05, 4.69) is 32.4 Å². The molecule has 1 aromatic carbocycles. The van der Waals surface area contributed by atoms with E-state index in [-0.39, 0.29) is 12.5 Å². The highest BCUT2D eigenvalue weighted by Crippen LogP contribution is 2.22. The molecular formula is C18H25N5O3. The number of rotatable bonds is 7. The number of hydrogen-bond donors (Lipinski definition) is 1. The van der Waals surface area contributed by atoms with E-state index in [1.165, 1.54) is 7.11 Å². The van der Waals surface area contributed by atoms with E-state index in [0.717, 1.165) is 31.7 Å². The van der Waals surface area contributed by atoms with Gasteiger partial charge in [0.15, 0.2) is 0 Å². The van der Waals surface area contributed by atoms with E-state index in [1.807, 2.05) is 30.3 Å². The van der Waals surface area contributed by atoms with Gasteiger partial charge in [-0.1, -0.05) is 35.4 Å². The molecule has 0 bridgehead atoms. The van der Waals surface area contributed by atoms with Crippen molar-refractivity contribution >= 4 is 11.9 Å². The zero-order valence-corrected chi connectivity index (χ0v) is 15.2. The van der Waals surface area contributed by atoms with Crippen molar-refractivity contribution in [1.82, 2.24) is 20.4 Å². The summed E-state index contributed by atoms with van der Waals surface area (Å²) in [5, 5.41) is 11.3. The number of nitrogens with zero attached hydrogens (tertiary/aromatic N) is 4. The average molecular weight is 359 g/mol. The standard InChI is InChI=1S/C18H25N5O3/c1-22-8-10-23(11-9-22)18-21-20-17(26-18)15(19-16(24)13-25-2)12-14-6-4-3-5-7-14/h3-7,15H,8-13H2,1-2H3,(H,19,24)/t15-/m1/s1. The minimum Gasteiger partial charge on any atom is -0.406 e. The van der Waals surface area contributed by atoms with E-state index in [0.29, 0.717) is 18.3 Å². The summed E-state index contributed by atoms with van der Waals surface area (Å²) in [4.78, 5) is 16.4. The molecule has 0 spiro atoms. The van der Waals surface area contributed by atoms with Crippen molar-refractivity contribution < 1.29 is 13.9 Å². The fourth-order valence-corrected chi connectivity index (χ4v) is 2.91. The largest absolute Gasteiger partial charge is 0.406 e. The lowest BCUT2D eigenvalue weighted by molar-refractivity contribution is -0.125. The van der Waals surface area contributed by atoms with Crippen LogP contribution in [0.4, 0.5) is 6.01 Å². The Kier molecular flexibility index (Phi) is 6.19. The van der Waals surface area contributed by atoms with E-state index in [9.17, 15) is 4.79 Å². The molecular weight excluding hydrogens is 334 g/mol. The summed E-state index contributed by atoms with van der Waals surface area (Å²) in [6, 6.07) is 10.0. The maximum atomic E-state index is 12.0. The van der Waals surface area contributed by atoms with Crippen LogP contribution in [0, 0.1) is 0 Å². The Labute approximate surface area is 153 Å². The van der Waals surface area contributed by atoms with Gasteiger partial charge in [-0.25, -0.2) is 0 Å². The molecule has 1 aliphatic rings. The number of piperazine rings is 1. The highest BCUT2D eigenvalue weighted by molar-refractivity contribution is 5.77. The number of nitrogens with one attached hydrogen (secondary N) is 1. The normalized spacial score (nSPS) is 16.5. The smallest absolute Gasteiger partial charge is 0.318 e. The summed E-state index contributed by atoms with van der Waals surface area (Å²) < 4.78 is 10.8. The molecule has 1 N–H and O–H groups in total. The fraction of sp³-hybridized carbons (Fsp3) is 0.500. The predicted molar refractivity (Wildman–Crippen MR) is 96.9 cm³/mol. The van der Waals surface area contributed by atoms with Gasteiger partial charge in [-0.05, 0) is 12.6 Å². The highest BCUT2D eigenvalue weighted by atomic mass is 16.5. The highest BCUT2D eigenvalue weighted by Gasteiger charge is 2.24. The number of hydrogen-bond acceptors (Lipinski definition) is 7. The van der Waals surface area contributed by atoms with Gasteiger partial charge in [0.1, 0.15) is 12.6 Å². The molecule has 1 aromatic heterocycles. The number of amides is 1. The Morgan fingerprint density at radius 3 is 2.65 bits per heavy atom. The molecule has 3 rings (SSSR count). The summed E-state index contributed by atoms with van der Waals surface area (Å²) in [5.41, 5.74) is 1.08. The number of benzene rings is 1. The molecule has 26 heavy (non-hydrogen) atoms. The number of aromatic nitrogens is 2. The number of anilines is 1. The Bertz CT molecular complexity index is 698. The molecule has 0 radical (unpaired) electrons. The quantitative estimate of drug-likeness (QED) is 0.785. The lowest BCUT2D eigenvalue weighted by atomic mass is 10.1. The number of methoxy groups -OCH3 is 1. The van der Waals surface area contributed by atoms with Gasteiger partial charge in [-0.2, -0.15) is 0 Å². The summed E-state index contributed by atoms with van der Waals surface area (Å²) >= 11 is 0. The Morgan fingerprint density at radius 1 is 1.23 bits per heavy atom. The van der Waals surface area contributed by atoms with Gasteiger partial charge in [0, 0.05) is 39.7 Å². The summed E-state index contributed by atoms with van der Waals surface area (Å²) in [6.07, 6.45) is 0.570. The number of likely N-dealkylation sites (N-methyl/N-ethyl adjacent to an activating group) is 1. The van der Waals surface area contributed by atoms with Crippen molar-refractivity contribution in [1.29, 1.82) is 0 Å². The van der Waals surface area contributed by atoms with E-state index >= 15 is 0 Å². The molecule has 0 saturated carbocycles. The summed E-state index contributed by atoms with van der Waals surface area (Å²) in [6.45, 7) is 3.59. The van der Waals surface area contributed by atoms with Crippen LogP contribution in [-0.2, 0) is 16.0 Å². The minimum absolute atomic E-state index is 0.00918. The van der Waals surface area contributed by atoms with Crippen LogP contribution in [0.15, 0.2) is 34.7 Å². The van der Waals surface area contributed by atoms with Gasteiger partial charge in [-0.3, -0.25) is 4.79 Å². The van der Waals surface area contributed by atoms with Crippen LogP contribution in [-0.4, -0.2) is 67.9 Å². The maximum Gasteiger partial charge on any atom is 0.318 e. The van der Waals surface area contributed by atoms with Gasteiger partial charge in [0.25, 0.3) is 0 Å². The van der Waals surface area contributed by atoms with Crippen molar-refractivity contribution in [2.45, 2.75) is 12.5 Å². The van der Waals surface area contributed by atoms with Crippen molar-refractivity contribution in [3.05, 3.63) is 41.8 Å². The van der Waals surface area contributed by atoms with Gasteiger partial charge < -0.3 is 24.3 Å². The molecule has 1 amide bonds. The maximum absolute atomic E-state index is 12.0.